The van der Waals surface area contributed by atoms with Crippen molar-refractivity contribution in [3.63, 3.8) is 0 Å². The van der Waals surface area contributed by atoms with E-state index < -0.39 is 17.9 Å². The summed E-state index contributed by atoms with van der Waals surface area (Å²) in [4.78, 5) is 25.4. The highest BCUT2D eigenvalue weighted by molar-refractivity contribution is 7.10. The molecule has 4 nitrogen and oxygen atoms in total. The molecule has 2 aromatic rings. The summed E-state index contributed by atoms with van der Waals surface area (Å²) in [5.74, 6) is -2.58. The monoisotopic (exact) mass is 344 g/mol. The van der Waals surface area contributed by atoms with Crippen LogP contribution in [-0.2, 0) is 19.1 Å². The Morgan fingerprint density at radius 1 is 1.04 bits per heavy atom. The van der Waals surface area contributed by atoms with Gasteiger partial charge >= 0.3 is 11.9 Å². The first-order valence-corrected chi connectivity index (χ1v) is 8.38. The number of carbonyl (C=O) groups is 2. The lowest BCUT2D eigenvalue weighted by molar-refractivity contribution is -0.159. The Bertz CT molecular complexity index is 675. The molecule has 24 heavy (non-hydrogen) atoms. The first-order valence-electron chi connectivity index (χ1n) is 7.50. The lowest BCUT2D eigenvalue weighted by Crippen LogP contribution is -2.32. The van der Waals surface area contributed by atoms with Gasteiger partial charge in [-0.1, -0.05) is 43.0 Å². The van der Waals surface area contributed by atoms with Crippen LogP contribution in [0.5, 0.6) is 0 Å². The normalized spacial score (nSPS) is 11.8. The third-order valence-electron chi connectivity index (χ3n) is 3.87. The molecule has 0 saturated carbocycles. The van der Waals surface area contributed by atoms with Gasteiger partial charge in [0.05, 0.1) is 14.2 Å². The van der Waals surface area contributed by atoms with Gasteiger partial charge in [-0.25, -0.2) is 0 Å². The average molecular weight is 344 g/mol. The van der Waals surface area contributed by atoms with Gasteiger partial charge in [0.2, 0.25) is 0 Å². The van der Waals surface area contributed by atoms with Crippen LogP contribution in [0.15, 0.2) is 54.4 Å². The molecule has 0 spiro atoms. The van der Waals surface area contributed by atoms with Gasteiger partial charge in [0.25, 0.3) is 0 Å². The van der Waals surface area contributed by atoms with E-state index >= 15 is 0 Å². The number of ether oxygens (including phenoxy) is 2. The second-order valence-corrected chi connectivity index (χ2v) is 6.30. The zero-order valence-electron chi connectivity index (χ0n) is 13.7. The zero-order valence-corrected chi connectivity index (χ0v) is 14.5. The summed E-state index contributed by atoms with van der Waals surface area (Å²) in [5.41, 5.74) is 1.83. The molecule has 0 fully saturated rings. The van der Waals surface area contributed by atoms with Crippen molar-refractivity contribution < 1.29 is 19.1 Å². The average Bonchev–Trinajstić information content (AvgIpc) is 3.15. The van der Waals surface area contributed by atoms with Crippen LogP contribution in [0.1, 0.15) is 22.8 Å². The molecule has 0 N–H and O–H groups in total. The molecule has 126 valence electrons. The molecule has 0 aliphatic heterocycles. The predicted octanol–water partition coefficient (Wildman–Crippen LogP) is 3.90. The number of rotatable bonds is 7. The fraction of sp³-hybridized carbons (Fsp3) is 0.263. The summed E-state index contributed by atoms with van der Waals surface area (Å²) < 4.78 is 9.67. The smallest absolute Gasteiger partial charge is 0.320 e. The Balaban J connectivity index is 2.35. The second-order valence-electron chi connectivity index (χ2n) is 5.32. The van der Waals surface area contributed by atoms with E-state index in [0.717, 1.165) is 16.0 Å². The van der Waals surface area contributed by atoms with Crippen molar-refractivity contribution in [1.82, 2.24) is 0 Å². The van der Waals surface area contributed by atoms with Crippen molar-refractivity contribution in [3.05, 3.63) is 64.9 Å². The molecule has 1 unspecified atom stereocenters. The maximum atomic E-state index is 12.2. The SMILES string of the molecule is C=C(CC(c1cccs1)C(C(=O)OC)C(=O)OC)c1ccccc1. The highest BCUT2D eigenvalue weighted by atomic mass is 32.1. The zero-order chi connectivity index (χ0) is 17.5. The Morgan fingerprint density at radius 2 is 1.67 bits per heavy atom. The van der Waals surface area contributed by atoms with Gasteiger partial charge in [0.15, 0.2) is 5.92 Å². The molecule has 0 saturated heterocycles. The first-order chi connectivity index (χ1) is 11.6. The molecule has 0 bridgehead atoms. The molecule has 2 rings (SSSR count). The van der Waals surface area contributed by atoms with Gasteiger partial charge in [-0.05, 0) is 29.0 Å². The van der Waals surface area contributed by atoms with Crippen molar-refractivity contribution >= 4 is 28.8 Å². The summed E-state index contributed by atoms with van der Waals surface area (Å²) in [6, 6.07) is 13.5. The van der Waals surface area contributed by atoms with Crippen LogP contribution in [0, 0.1) is 5.92 Å². The number of methoxy groups -OCH3 is 2. The van der Waals surface area contributed by atoms with E-state index in [9.17, 15) is 9.59 Å². The van der Waals surface area contributed by atoms with E-state index in [2.05, 4.69) is 6.58 Å². The number of benzene rings is 1. The molecule has 1 aromatic heterocycles. The van der Waals surface area contributed by atoms with E-state index in [0.29, 0.717) is 6.42 Å². The van der Waals surface area contributed by atoms with Crippen molar-refractivity contribution in [2.24, 2.45) is 5.92 Å². The molecule has 1 atom stereocenters. The lowest BCUT2D eigenvalue weighted by atomic mass is 9.84. The van der Waals surface area contributed by atoms with Gasteiger partial charge in [0, 0.05) is 10.8 Å². The minimum atomic E-state index is -1.01. The minimum absolute atomic E-state index is 0.377. The molecule has 0 amide bonds. The van der Waals surface area contributed by atoms with Crippen LogP contribution < -0.4 is 0 Å². The third-order valence-corrected chi connectivity index (χ3v) is 4.87. The van der Waals surface area contributed by atoms with Gasteiger partial charge in [0.1, 0.15) is 0 Å². The number of allylic oxidation sites excluding steroid dienone is 1. The van der Waals surface area contributed by atoms with Crippen LogP contribution in [0.3, 0.4) is 0 Å². The largest absolute Gasteiger partial charge is 0.468 e. The third kappa shape index (κ3) is 4.11. The molecule has 0 aliphatic rings. The molecule has 1 heterocycles. The Labute approximate surface area is 145 Å². The van der Waals surface area contributed by atoms with Crippen molar-refractivity contribution in [2.75, 3.05) is 14.2 Å². The quantitative estimate of drug-likeness (QED) is 0.565. The van der Waals surface area contributed by atoms with Gasteiger partial charge in [-0.3, -0.25) is 9.59 Å². The number of esters is 2. The van der Waals surface area contributed by atoms with Gasteiger partial charge in [-0.2, -0.15) is 0 Å². The van der Waals surface area contributed by atoms with E-state index in [4.69, 9.17) is 9.47 Å². The van der Waals surface area contributed by atoms with E-state index in [1.165, 1.54) is 25.6 Å². The predicted molar refractivity (Wildman–Crippen MR) is 94.7 cm³/mol. The van der Waals surface area contributed by atoms with Crippen LogP contribution in [0.4, 0.5) is 0 Å². The van der Waals surface area contributed by atoms with Crippen LogP contribution in [0.2, 0.25) is 0 Å². The highest BCUT2D eigenvalue weighted by Gasteiger charge is 2.38. The van der Waals surface area contributed by atoms with Crippen LogP contribution >= 0.6 is 11.3 Å². The van der Waals surface area contributed by atoms with Gasteiger partial charge in [-0.15, -0.1) is 11.3 Å². The molecule has 5 heteroatoms. The minimum Gasteiger partial charge on any atom is -0.468 e. The standard InChI is InChI=1S/C19H20O4S/c1-13(14-8-5-4-6-9-14)12-15(16-10-7-11-24-16)17(18(20)22-2)19(21)23-3/h4-11,15,17H,1,12H2,2-3H3. The van der Waals surface area contributed by atoms with E-state index in [1.54, 1.807) is 0 Å². The summed E-state index contributed by atoms with van der Waals surface area (Å²) in [6.07, 6.45) is 0.458. The number of carbonyl (C=O) groups excluding carboxylic acids is 2. The lowest BCUT2D eigenvalue weighted by Gasteiger charge is -2.23. The fourth-order valence-electron chi connectivity index (χ4n) is 2.62. The molecule has 0 radical (unpaired) electrons. The Hall–Kier alpha value is -2.40. The van der Waals surface area contributed by atoms with Crippen LogP contribution in [-0.4, -0.2) is 26.2 Å². The topological polar surface area (TPSA) is 52.6 Å². The van der Waals surface area contributed by atoms with Crippen molar-refractivity contribution in [2.45, 2.75) is 12.3 Å². The first kappa shape index (κ1) is 17.9. The Morgan fingerprint density at radius 3 is 2.17 bits per heavy atom. The summed E-state index contributed by atoms with van der Waals surface area (Å²) in [7, 11) is 2.55. The van der Waals surface area contributed by atoms with Gasteiger partial charge < -0.3 is 9.47 Å². The van der Waals surface area contributed by atoms with Crippen molar-refractivity contribution in [3.8, 4) is 0 Å². The van der Waals surface area contributed by atoms with Crippen molar-refractivity contribution in [1.29, 1.82) is 0 Å². The number of hydrogen-bond acceptors (Lipinski definition) is 5. The van der Waals surface area contributed by atoms with Crippen LogP contribution in [0.25, 0.3) is 5.57 Å². The molecule has 1 aromatic carbocycles. The maximum absolute atomic E-state index is 12.2. The highest BCUT2D eigenvalue weighted by Crippen LogP contribution is 2.37. The summed E-state index contributed by atoms with van der Waals surface area (Å²) >= 11 is 1.50. The molecular weight excluding hydrogens is 324 g/mol. The Kier molecular flexibility index (Phi) is 6.32. The maximum Gasteiger partial charge on any atom is 0.320 e. The fourth-order valence-corrected chi connectivity index (χ4v) is 3.49. The number of hydrogen-bond donors (Lipinski definition) is 0. The summed E-state index contributed by atoms with van der Waals surface area (Å²) in [5, 5.41) is 1.92. The molecular formula is C19H20O4S. The second kappa shape index (κ2) is 8.45. The molecule has 0 aliphatic carbocycles. The number of thiophene rings is 1. The van der Waals surface area contributed by atoms with E-state index in [1.807, 2.05) is 47.8 Å². The summed E-state index contributed by atoms with van der Waals surface area (Å²) in [6.45, 7) is 4.13. The van der Waals surface area contributed by atoms with E-state index in [-0.39, 0.29) is 5.92 Å².